The van der Waals surface area contributed by atoms with Gasteiger partial charge in [-0.05, 0) is 17.7 Å². The van der Waals surface area contributed by atoms with Crippen molar-refractivity contribution < 1.29 is 9.53 Å². The largest absolute Gasteiger partial charge is 0.379 e. The van der Waals surface area contributed by atoms with E-state index in [1.807, 2.05) is 12.1 Å². The molecule has 132 valence electrons. The average molecular weight is 342 g/mol. The number of carbonyl (C=O) groups is 1. The summed E-state index contributed by atoms with van der Waals surface area (Å²) in [6.07, 6.45) is 6.46. The van der Waals surface area contributed by atoms with E-state index >= 15 is 0 Å². The second kappa shape index (κ2) is 9.05. The minimum Gasteiger partial charge on any atom is -0.379 e. The van der Waals surface area contributed by atoms with E-state index in [4.69, 9.17) is 4.74 Å². The molecule has 0 bridgehead atoms. The molecule has 2 N–H and O–H groups in total. The van der Waals surface area contributed by atoms with E-state index in [2.05, 4.69) is 30.5 Å². The lowest BCUT2D eigenvalue weighted by atomic mass is 10.2. The molecule has 2 aromatic heterocycles. The van der Waals surface area contributed by atoms with Crippen molar-refractivity contribution in [2.24, 2.45) is 0 Å². The van der Waals surface area contributed by atoms with Crippen LogP contribution in [-0.4, -0.2) is 65.2 Å². The molecule has 3 rings (SSSR count). The van der Waals surface area contributed by atoms with Gasteiger partial charge < -0.3 is 15.4 Å². The predicted molar refractivity (Wildman–Crippen MR) is 93.2 cm³/mol. The van der Waals surface area contributed by atoms with Crippen LogP contribution in [0.5, 0.6) is 0 Å². The summed E-state index contributed by atoms with van der Waals surface area (Å²) in [5.41, 5.74) is 1.43. The fraction of sp³-hybridized carbons (Fsp3) is 0.412. The standard InChI is InChI=1S/C17H22N6O2/c24-16(20-11-14-1-3-18-4-2-14)15-12-21-17(22-13-15)19-5-6-23-7-9-25-10-8-23/h1-4,12-13H,5-11H2,(H,20,24)(H,19,21,22). The smallest absolute Gasteiger partial charge is 0.254 e. The summed E-state index contributed by atoms with van der Waals surface area (Å²) >= 11 is 0. The van der Waals surface area contributed by atoms with Gasteiger partial charge in [0, 0.05) is 57.5 Å². The number of nitrogens with one attached hydrogen (secondary N) is 2. The van der Waals surface area contributed by atoms with E-state index in [-0.39, 0.29) is 5.91 Å². The summed E-state index contributed by atoms with van der Waals surface area (Å²) in [4.78, 5) is 26.8. The van der Waals surface area contributed by atoms with Crippen molar-refractivity contribution in [2.75, 3.05) is 44.7 Å². The second-order valence-electron chi connectivity index (χ2n) is 5.71. The van der Waals surface area contributed by atoms with Gasteiger partial charge in [-0.2, -0.15) is 0 Å². The quantitative estimate of drug-likeness (QED) is 0.759. The molecule has 3 heterocycles. The molecule has 8 heteroatoms. The van der Waals surface area contributed by atoms with Crippen LogP contribution in [0, 0.1) is 0 Å². The Bertz CT molecular complexity index is 659. The van der Waals surface area contributed by atoms with Crippen LogP contribution >= 0.6 is 0 Å². The Morgan fingerprint density at radius 3 is 2.60 bits per heavy atom. The van der Waals surface area contributed by atoms with Crippen molar-refractivity contribution in [3.05, 3.63) is 48.0 Å². The van der Waals surface area contributed by atoms with E-state index in [1.165, 1.54) is 12.4 Å². The van der Waals surface area contributed by atoms with Crippen LogP contribution < -0.4 is 10.6 Å². The van der Waals surface area contributed by atoms with Crippen LogP contribution in [0.3, 0.4) is 0 Å². The highest BCUT2D eigenvalue weighted by atomic mass is 16.5. The third-order valence-electron chi connectivity index (χ3n) is 3.93. The first-order valence-electron chi connectivity index (χ1n) is 8.34. The molecule has 1 aliphatic rings. The van der Waals surface area contributed by atoms with E-state index in [0.717, 1.165) is 45.0 Å². The Morgan fingerprint density at radius 1 is 1.16 bits per heavy atom. The summed E-state index contributed by atoms with van der Waals surface area (Å²) < 4.78 is 5.32. The number of carbonyl (C=O) groups excluding carboxylic acids is 1. The predicted octanol–water partition coefficient (Wildman–Crippen LogP) is 0.546. The lowest BCUT2D eigenvalue weighted by molar-refractivity contribution is 0.0398. The summed E-state index contributed by atoms with van der Waals surface area (Å²) in [6, 6.07) is 3.72. The van der Waals surface area contributed by atoms with Crippen LogP contribution in [0.1, 0.15) is 15.9 Å². The van der Waals surface area contributed by atoms with E-state index < -0.39 is 0 Å². The zero-order valence-electron chi connectivity index (χ0n) is 14.0. The van der Waals surface area contributed by atoms with E-state index in [0.29, 0.717) is 18.1 Å². The van der Waals surface area contributed by atoms with Crippen molar-refractivity contribution in [3.8, 4) is 0 Å². The van der Waals surface area contributed by atoms with Crippen molar-refractivity contribution in [1.82, 2.24) is 25.2 Å². The molecule has 8 nitrogen and oxygen atoms in total. The first-order valence-corrected chi connectivity index (χ1v) is 8.34. The van der Waals surface area contributed by atoms with Gasteiger partial charge in [-0.25, -0.2) is 9.97 Å². The average Bonchev–Trinajstić information content (AvgIpc) is 2.68. The zero-order valence-corrected chi connectivity index (χ0v) is 14.0. The maximum atomic E-state index is 12.1. The number of ether oxygens (including phenoxy) is 1. The number of rotatable bonds is 7. The molecule has 1 aliphatic heterocycles. The lowest BCUT2D eigenvalue weighted by Crippen LogP contribution is -2.39. The molecule has 0 atom stereocenters. The molecule has 0 saturated carbocycles. The molecule has 1 saturated heterocycles. The highest BCUT2D eigenvalue weighted by Gasteiger charge is 2.10. The first kappa shape index (κ1) is 17.2. The van der Waals surface area contributed by atoms with Crippen molar-refractivity contribution >= 4 is 11.9 Å². The van der Waals surface area contributed by atoms with Gasteiger partial charge in [-0.15, -0.1) is 0 Å². The van der Waals surface area contributed by atoms with Crippen molar-refractivity contribution in [2.45, 2.75) is 6.54 Å². The molecular weight excluding hydrogens is 320 g/mol. The van der Waals surface area contributed by atoms with Gasteiger partial charge in [-0.1, -0.05) is 0 Å². The summed E-state index contributed by atoms with van der Waals surface area (Å²) in [7, 11) is 0. The molecule has 0 radical (unpaired) electrons. The molecule has 2 aromatic rings. The van der Waals surface area contributed by atoms with E-state index in [1.54, 1.807) is 12.4 Å². The lowest BCUT2D eigenvalue weighted by Gasteiger charge is -2.26. The van der Waals surface area contributed by atoms with Gasteiger partial charge in [-0.3, -0.25) is 14.7 Å². The molecule has 0 aromatic carbocycles. The Balaban J connectivity index is 1.42. The number of aromatic nitrogens is 3. The molecule has 0 aliphatic carbocycles. The normalized spacial score (nSPS) is 14.9. The Hall–Kier alpha value is -2.58. The Kier molecular flexibility index (Phi) is 6.24. The molecule has 0 unspecified atom stereocenters. The maximum absolute atomic E-state index is 12.1. The van der Waals surface area contributed by atoms with Crippen molar-refractivity contribution in [3.63, 3.8) is 0 Å². The number of hydrogen-bond donors (Lipinski definition) is 2. The molecular formula is C17H22N6O2. The SMILES string of the molecule is O=C(NCc1ccncc1)c1cnc(NCCN2CCOCC2)nc1. The number of nitrogens with zero attached hydrogens (tertiary/aromatic N) is 4. The maximum Gasteiger partial charge on any atom is 0.254 e. The van der Waals surface area contributed by atoms with Crippen LogP contribution in [0.4, 0.5) is 5.95 Å². The summed E-state index contributed by atoms with van der Waals surface area (Å²) in [6.45, 7) is 5.62. The fourth-order valence-electron chi connectivity index (χ4n) is 2.47. The third-order valence-corrected chi connectivity index (χ3v) is 3.93. The van der Waals surface area contributed by atoms with Gasteiger partial charge in [0.2, 0.25) is 5.95 Å². The fourth-order valence-corrected chi connectivity index (χ4v) is 2.47. The van der Waals surface area contributed by atoms with Gasteiger partial charge in [0.25, 0.3) is 5.91 Å². The third kappa shape index (κ3) is 5.47. The van der Waals surface area contributed by atoms with E-state index in [9.17, 15) is 4.79 Å². The van der Waals surface area contributed by atoms with Crippen LogP contribution in [0.2, 0.25) is 0 Å². The summed E-state index contributed by atoms with van der Waals surface area (Å²) in [5.74, 6) is 0.329. The molecule has 0 spiro atoms. The number of anilines is 1. The Labute approximate surface area is 146 Å². The van der Waals surface area contributed by atoms with Crippen LogP contribution in [0.25, 0.3) is 0 Å². The number of hydrogen-bond acceptors (Lipinski definition) is 7. The molecule has 1 amide bonds. The topological polar surface area (TPSA) is 92.3 Å². The van der Waals surface area contributed by atoms with Crippen molar-refractivity contribution in [1.29, 1.82) is 0 Å². The van der Waals surface area contributed by atoms with Gasteiger partial charge in [0.05, 0.1) is 18.8 Å². The summed E-state index contributed by atoms with van der Waals surface area (Å²) in [5, 5.41) is 6.01. The highest BCUT2D eigenvalue weighted by molar-refractivity contribution is 5.93. The minimum atomic E-state index is -0.198. The monoisotopic (exact) mass is 342 g/mol. The van der Waals surface area contributed by atoms with Gasteiger partial charge in [0.15, 0.2) is 0 Å². The van der Waals surface area contributed by atoms with Crippen LogP contribution in [-0.2, 0) is 11.3 Å². The minimum absolute atomic E-state index is 0.198. The Morgan fingerprint density at radius 2 is 1.88 bits per heavy atom. The number of amides is 1. The molecule has 25 heavy (non-hydrogen) atoms. The van der Waals surface area contributed by atoms with Gasteiger partial charge in [0.1, 0.15) is 0 Å². The number of morpholine rings is 1. The highest BCUT2D eigenvalue weighted by Crippen LogP contribution is 2.02. The first-order chi connectivity index (χ1) is 12.3. The second-order valence-corrected chi connectivity index (χ2v) is 5.71. The van der Waals surface area contributed by atoms with Crippen LogP contribution in [0.15, 0.2) is 36.9 Å². The molecule has 1 fully saturated rings. The number of pyridine rings is 1. The van der Waals surface area contributed by atoms with Gasteiger partial charge >= 0.3 is 0 Å². The zero-order chi connectivity index (χ0) is 17.3.